The summed E-state index contributed by atoms with van der Waals surface area (Å²) < 4.78 is 5.78. The summed E-state index contributed by atoms with van der Waals surface area (Å²) in [6.45, 7) is 2.18. The molecule has 0 bridgehead atoms. The summed E-state index contributed by atoms with van der Waals surface area (Å²) in [5.41, 5.74) is 6.05. The standard InChI is InChI=1S/C12H23NO/c1-9-5-8-11(14-9)3-2-4-12(13)10-6-7-10/h9-12H,2-8,13H2,1H3. The molecular weight excluding hydrogens is 174 g/mol. The molecule has 3 unspecified atom stereocenters. The number of nitrogens with two attached hydrogens (primary N) is 1. The van der Waals surface area contributed by atoms with Gasteiger partial charge in [-0.25, -0.2) is 0 Å². The van der Waals surface area contributed by atoms with Gasteiger partial charge < -0.3 is 10.5 Å². The van der Waals surface area contributed by atoms with E-state index in [1.54, 1.807) is 0 Å². The van der Waals surface area contributed by atoms with Gasteiger partial charge >= 0.3 is 0 Å². The van der Waals surface area contributed by atoms with Crippen LogP contribution in [-0.4, -0.2) is 18.2 Å². The van der Waals surface area contributed by atoms with Gasteiger partial charge in [0, 0.05) is 6.04 Å². The molecule has 0 aromatic heterocycles. The van der Waals surface area contributed by atoms with Crippen LogP contribution in [0.3, 0.4) is 0 Å². The second-order valence-electron chi connectivity index (χ2n) is 5.08. The van der Waals surface area contributed by atoms with Gasteiger partial charge in [-0.1, -0.05) is 0 Å². The van der Waals surface area contributed by atoms with Crippen molar-refractivity contribution >= 4 is 0 Å². The van der Waals surface area contributed by atoms with Crippen molar-refractivity contribution in [3.8, 4) is 0 Å². The fourth-order valence-corrected chi connectivity index (χ4v) is 2.44. The number of rotatable bonds is 5. The van der Waals surface area contributed by atoms with Gasteiger partial charge in [-0.2, -0.15) is 0 Å². The Morgan fingerprint density at radius 1 is 1.29 bits per heavy atom. The van der Waals surface area contributed by atoms with Gasteiger partial charge in [-0.3, -0.25) is 0 Å². The summed E-state index contributed by atoms with van der Waals surface area (Å²) in [4.78, 5) is 0. The third kappa shape index (κ3) is 2.96. The molecule has 2 heteroatoms. The lowest BCUT2D eigenvalue weighted by atomic mass is 10.0. The highest BCUT2D eigenvalue weighted by Crippen LogP contribution is 2.34. The maximum atomic E-state index is 6.05. The zero-order chi connectivity index (χ0) is 9.97. The molecule has 2 nitrogen and oxygen atoms in total. The molecule has 0 spiro atoms. The molecule has 0 aromatic rings. The minimum Gasteiger partial charge on any atom is -0.375 e. The Kier molecular flexibility index (Phi) is 3.45. The third-order valence-electron chi connectivity index (χ3n) is 3.61. The fraction of sp³-hybridized carbons (Fsp3) is 1.00. The maximum absolute atomic E-state index is 6.05. The predicted molar refractivity (Wildman–Crippen MR) is 58.1 cm³/mol. The minimum atomic E-state index is 0.480. The summed E-state index contributed by atoms with van der Waals surface area (Å²) in [5, 5.41) is 0. The fourth-order valence-electron chi connectivity index (χ4n) is 2.44. The number of ether oxygens (including phenoxy) is 1. The first-order valence-electron chi connectivity index (χ1n) is 6.16. The molecule has 0 amide bonds. The van der Waals surface area contributed by atoms with Crippen molar-refractivity contribution < 1.29 is 4.74 Å². The topological polar surface area (TPSA) is 35.2 Å². The molecule has 0 radical (unpaired) electrons. The largest absolute Gasteiger partial charge is 0.375 e. The first-order valence-corrected chi connectivity index (χ1v) is 6.16. The van der Waals surface area contributed by atoms with Crippen LogP contribution < -0.4 is 5.73 Å². The van der Waals surface area contributed by atoms with Crippen LogP contribution in [0.25, 0.3) is 0 Å². The Morgan fingerprint density at radius 3 is 2.64 bits per heavy atom. The molecule has 1 aliphatic carbocycles. The molecule has 82 valence electrons. The second kappa shape index (κ2) is 4.63. The van der Waals surface area contributed by atoms with Crippen molar-refractivity contribution in [2.45, 2.75) is 70.1 Å². The van der Waals surface area contributed by atoms with Gasteiger partial charge in [0.05, 0.1) is 12.2 Å². The summed E-state index contributed by atoms with van der Waals surface area (Å²) >= 11 is 0. The molecule has 2 aliphatic rings. The zero-order valence-corrected chi connectivity index (χ0v) is 9.24. The predicted octanol–water partition coefficient (Wildman–Crippen LogP) is 2.46. The summed E-state index contributed by atoms with van der Waals surface area (Å²) in [5.74, 6) is 0.860. The summed E-state index contributed by atoms with van der Waals surface area (Å²) in [7, 11) is 0. The quantitative estimate of drug-likeness (QED) is 0.735. The van der Waals surface area contributed by atoms with Crippen molar-refractivity contribution in [2.75, 3.05) is 0 Å². The minimum absolute atomic E-state index is 0.480. The van der Waals surface area contributed by atoms with Crippen molar-refractivity contribution in [3.05, 3.63) is 0 Å². The molecule has 14 heavy (non-hydrogen) atoms. The van der Waals surface area contributed by atoms with E-state index in [4.69, 9.17) is 10.5 Å². The summed E-state index contributed by atoms with van der Waals surface area (Å²) in [6, 6.07) is 0.480. The molecule has 1 saturated carbocycles. The highest BCUT2D eigenvalue weighted by Gasteiger charge is 2.28. The van der Waals surface area contributed by atoms with Crippen LogP contribution in [-0.2, 0) is 4.74 Å². The van der Waals surface area contributed by atoms with Crippen molar-refractivity contribution in [3.63, 3.8) is 0 Å². The van der Waals surface area contributed by atoms with Crippen LogP contribution in [0.15, 0.2) is 0 Å². The van der Waals surface area contributed by atoms with Crippen LogP contribution in [0, 0.1) is 5.92 Å². The highest BCUT2D eigenvalue weighted by molar-refractivity contribution is 4.84. The van der Waals surface area contributed by atoms with E-state index < -0.39 is 0 Å². The zero-order valence-electron chi connectivity index (χ0n) is 9.24. The molecule has 3 atom stereocenters. The van der Waals surface area contributed by atoms with Crippen LogP contribution in [0.1, 0.15) is 51.9 Å². The average Bonchev–Trinajstić information content (AvgIpc) is 2.92. The van der Waals surface area contributed by atoms with Gasteiger partial charge in [-0.15, -0.1) is 0 Å². The van der Waals surface area contributed by atoms with Crippen LogP contribution in [0.4, 0.5) is 0 Å². The van der Waals surface area contributed by atoms with E-state index in [1.807, 2.05) is 0 Å². The molecule has 2 fully saturated rings. The van der Waals surface area contributed by atoms with E-state index in [0.717, 1.165) is 5.92 Å². The van der Waals surface area contributed by atoms with E-state index in [2.05, 4.69) is 6.92 Å². The first kappa shape index (κ1) is 10.4. The molecule has 2 N–H and O–H groups in total. The monoisotopic (exact) mass is 197 g/mol. The maximum Gasteiger partial charge on any atom is 0.0579 e. The molecule has 1 heterocycles. The van der Waals surface area contributed by atoms with Gasteiger partial charge in [0.25, 0.3) is 0 Å². The smallest absolute Gasteiger partial charge is 0.0579 e. The number of hydrogen-bond acceptors (Lipinski definition) is 2. The highest BCUT2D eigenvalue weighted by atomic mass is 16.5. The lowest BCUT2D eigenvalue weighted by Gasteiger charge is -2.13. The van der Waals surface area contributed by atoms with Crippen LogP contribution >= 0.6 is 0 Å². The van der Waals surface area contributed by atoms with Crippen LogP contribution in [0.2, 0.25) is 0 Å². The summed E-state index contributed by atoms with van der Waals surface area (Å²) in [6.07, 6.45) is 9.99. The lowest BCUT2D eigenvalue weighted by Crippen LogP contribution is -2.22. The molecule has 0 aromatic carbocycles. The first-order chi connectivity index (χ1) is 6.75. The van der Waals surface area contributed by atoms with Gasteiger partial charge in [0.2, 0.25) is 0 Å². The van der Waals surface area contributed by atoms with E-state index in [9.17, 15) is 0 Å². The molecule has 2 rings (SSSR count). The molecule has 1 saturated heterocycles. The number of hydrogen-bond donors (Lipinski definition) is 1. The van der Waals surface area contributed by atoms with E-state index in [0.29, 0.717) is 18.2 Å². The lowest BCUT2D eigenvalue weighted by molar-refractivity contribution is 0.0492. The van der Waals surface area contributed by atoms with Crippen molar-refractivity contribution in [1.29, 1.82) is 0 Å². The van der Waals surface area contributed by atoms with Crippen molar-refractivity contribution in [1.82, 2.24) is 0 Å². The van der Waals surface area contributed by atoms with Gasteiger partial charge in [-0.05, 0) is 57.8 Å². The Balaban J connectivity index is 1.54. The third-order valence-corrected chi connectivity index (χ3v) is 3.61. The van der Waals surface area contributed by atoms with E-state index >= 15 is 0 Å². The van der Waals surface area contributed by atoms with Crippen LogP contribution in [0.5, 0.6) is 0 Å². The Hall–Kier alpha value is -0.0800. The van der Waals surface area contributed by atoms with E-state index in [1.165, 1.54) is 44.9 Å². The molecule has 1 aliphatic heterocycles. The normalized spacial score (nSPS) is 34.7. The second-order valence-corrected chi connectivity index (χ2v) is 5.08. The Bertz CT molecular complexity index is 179. The SMILES string of the molecule is CC1CCC(CCCC(N)C2CC2)O1. The Labute approximate surface area is 87.2 Å². The van der Waals surface area contributed by atoms with Gasteiger partial charge in [0.15, 0.2) is 0 Å². The Morgan fingerprint density at radius 2 is 2.07 bits per heavy atom. The molecular formula is C12H23NO. The van der Waals surface area contributed by atoms with E-state index in [-0.39, 0.29) is 0 Å². The van der Waals surface area contributed by atoms with Gasteiger partial charge in [0.1, 0.15) is 0 Å². The van der Waals surface area contributed by atoms with Crippen molar-refractivity contribution in [2.24, 2.45) is 11.7 Å². The average molecular weight is 197 g/mol.